The van der Waals surface area contributed by atoms with E-state index >= 15 is 0 Å². The maximum absolute atomic E-state index is 12.1. The van der Waals surface area contributed by atoms with Crippen molar-refractivity contribution in [1.29, 1.82) is 5.26 Å². The van der Waals surface area contributed by atoms with Crippen molar-refractivity contribution >= 4 is 5.97 Å². The average molecular weight is 274 g/mol. The summed E-state index contributed by atoms with van der Waals surface area (Å²) in [5.41, 5.74) is 6.15. The van der Waals surface area contributed by atoms with E-state index in [1.165, 1.54) is 6.26 Å². The van der Waals surface area contributed by atoms with Crippen LogP contribution in [0.3, 0.4) is 0 Å². The predicted octanol–water partition coefficient (Wildman–Crippen LogP) is 1.92. The number of carbonyl (C=O) groups excluding carboxylic acids is 1. The molecule has 0 aliphatic carbocycles. The summed E-state index contributed by atoms with van der Waals surface area (Å²) in [5, 5.41) is 9.30. The fourth-order valence-electron chi connectivity index (χ4n) is 2.08. The molecule has 104 valence electrons. The number of furan rings is 1. The zero-order valence-corrected chi connectivity index (χ0v) is 11.2. The quantitative estimate of drug-likeness (QED) is 0.845. The SMILES string of the molecule is CCOC(=O)C1=C(N)OC(C)=C(C#N)[C@H]1c1ccco1. The van der Waals surface area contributed by atoms with Crippen LogP contribution in [0.4, 0.5) is 0 Å². The van der Waals surface area contributed by atoms with Gasteiger partial charge in [0.1, 0.15) is 17.1 Å². The Labute approximate surface area is 116 Å². The van der Waals surface area contributed by atoms with Gasteiger partial charge >= 0.3 is 5.97 Å². The molecule has 1 aliphatic rings. The lowest BCUT2D eigenvalue weighted by Gasteiger charge is -2.24. The van der Waals surface area contributed by atoms with E-state index in [4.69, 9.17) is 19.6 Å². The fourth-order valence-corrected chi connectivity index (χ4v) is 2.08. The first-order valence-corrected chi connectivity index (χ1v) is 6.09. The molecule has 2 rings (SSSR count). The number of carbonyl (C=O) groups is 1. The minimum Gasteiger partial charge on any atom is -0.468 e. The van der Waals surface area contributed by atoms with Crippen LogP contribution in [0.2, 0.25) is 0 Å². The van der Waals surface area contributed by atoms with Crippen molar-refractivity contribution in [2.75, 3.05) is 6.61 Å². The van der Waals surface area contributed by atoms with Crippen LogP contribution in [-0.4, -0.2) is 12.6 Å². The van der Waals surface area contributed by atoms with Crippen molar-refractivity contribution in [1.82, 2.24) is 0 Å². The van der Waals surface area contributed by atoms with E-state index in [0.717, 1.165) is 0 Å². The summed E-state index contributed by atoms with van der Waals surface area (Å²) in [6.07, 6.45) is 1.47. The molecular weight excluding hydrogens is 260 g/mol. The molecule has 1 atom stereocenters. The van der Waals surface area contributed by atoms with Crippen molar-refractivity contribution in [3.8, 4) is 6.07 Å². The highest BCUT2D eigenvalue weighted by Crippen LogP contribution is 2.39. The van der Waals surface area contributed by atoms with E-state index in [1.807, 2.05) is 6.07 Å². The Morgan fingerprint density at radius 1 is 1.60 bits per heavy atom. The number of esters is 1. The van der Waals surface area contributed by atoms with Gasteiger partial charge in [0.15, 0.2) is 0 Å². The van der Waals surface area contributed by atoms with Crippen LogP contribution in [0.5, 0.6) is 0 Å². The second kappa shape index (κ2) is 5.53. The minimum absolute atomic E-state index is 0.0682. The third-order valence-electron chi connectivity index (χ3n) is 2.93. The van der Waals surface area contributed by atoms with Crippen LogP contribution < -0.4 is 5.73 Å². The second-order valence-electron chi connectivity index (χ2n) is 4.13. The predicted molar refractivity (Wildman–Crippen MR) is 68.7 cm³/mol. The molecule has 1 aromatic rings. The topological polar surface area (TPSA) is 98.5 Å². The van der Waals surface area contributed by atoms with E-state index in [0.29, 0.717) is 11.5 Å². The molecule has 1 aliphatic heterocycles. The molecule has 6 heteroatoms. The fraction of sp³-hybridized carbons (Fsp3) is 0.286. The van der Waals surface area contributed by atoms with Crippen molar-refractivity contribution in [2.24, 2.45) is 5.73 Å². The summed E-state index contributed by atoms with van der Waals surface area (Å²) in [7, 11) is 0. The molecule has 0 aromatic carbocycles. The Balaban J connectivity index is 2.55. The molecule has 0 fully saturated rings. The van der Waals surface area contributed by atoms with E-state index in [2.05, 4.69) is 0 Å². The summed E-state index contributed by atoms with van der Waals surface area (Å²) in [6, 6.07) is 5.39. The molecule has 1 aromatic heterocycles. The summed E-state index contributed by atoms with van der Waals surface area (Å²) in [6.45, 7) is 3.50. The van der Waals surface area contributed by atoms with Crippen molar-refractivity contribution in [3.05, 3.63) is 46.9 Å². The molecule has 2 N–H and O–H groups in total. The summed E-state index contributed by atoms with van der Waals surface area (Å²) >= 11 is 0. The van der Waals surface area contributed by atoms with E-state index < -0.39 is 11.9 Å². The van der Waals surface area contributed by atoms with Crippen LogP contribution in [-0.2, 0) is 14.3 Å². The molecule has 0 unspecified atom stereocenters. The van der Waals surface area contributed by atoms with Crippen LogP contribution in [0, 0.1) is 11.3 Å². The van der Waals surface area contributed by atoms with Crippen LogP contribution in [0.15, 0.2) is 45.6 Å². The number of hydrogen-bond acceptors (Lipinski definition) is 6. The molecule has 20 heavy (non-hydrogen) atoms. The second-order valence-corrected chi connectivity index (χ2v) is 4.13. The Morgan fingerprint density at radius 2 is 2.35 bits per heavy atom. The number of nitrogens with two attached hydrogens (primary N) is 1. The van der Waals surface area contributed by atoms with Gasteiger partial charge in [-0.1, -0.05) is 0 Å². The van der Waals surface area contributed by atoms with Gasteiger partial charge in [-0.05, 0) is 26.0 Å². The van der Waals surface area contributed by atoms with Gasteiger partial charge in [-0.15, -0.1) is 0 Å². The third kappa shape index (κ3) is 2.26. The van der Waals surface area contributed by atoms with Gasteiger partial charge in [0, 0.05) is 0 Å². The Bertz CT molecular complexity index is 620. The van der Waals surface area contributed by atoms with Gasteiger partial charge in [-0.3, -0.25) is 0 Å². The van der Waals surface area contributed by atoms with Crippen LogP contribution in [0.1, 0.15) is 25.5 Å². The van der Waals surface area contributed by atoms with Crippen molar-refractivity contribution in [3.63, 3.8) is 0 Å². The number of nitriles is 1. The maximum atomic E-state index is 12.1. The molecular formula is C14H14N2O4. The lowest BCUT2D eigenvalue weighted by atomic mass is 9.87. The number of allylic oxidation sites excluding steroid dienone is 2. The van der Waals surface area contributed by atoms with Crippen molar-refractivity contribution < 1.29 is 18.7 Å². The van der Waals surface area contributed by atoms with Gasteiger partial charge in [-0.2, -0.15) is 5.26 Å². The van der Waals surface area contributed by atoms with Gasteiger partial charge in [0.2, 0.25) is 5.88 Å². The van der Waals surface area contributed by atoms with Gasteiger partial charge < -0.3 is 19.6 Å². The van der Waals surface area contributed by atoms with Gasteiger partial charge in [0.05, 0.1) is 30.4 Å². The third-order valence-corrected chi connectivity index (χ3v) is 2.93. The Morgan fingerprint density at radius 3 is 2.90 bits per heavy atom. The van der Waals surface area contributed by atoms with Gasteiger partial charge in [-0.25, -0.2) is 4.79 Å². The number of ether oxygens (including phenoxy) is 2. The molecule has 0 saturated heterocycles. The molecule has 0 saturated carbocycles. The number of nitrogens with zero attached hydrogens (tertiary/aromatic N) is 1. The minimum atomic E-state index is -0.706. The summed E-state index contributed by atoms with van der Waals surface area (Å²) in [4.78, 5) is 12.1. The van der Waals surface area contributed by atoms with E-state index in [-0.39, 0.29) is 23.6 Å². The van der Waals surface area contributed by atoms with Crippen LogP contribution >= 0.6 is 0 Å². The molecule has 0 radical (unpaired) electrons. The monoisotopic (exact) mass is 274 g/mol. The largest absolute Gasteiger partial charge is 0.468 e. The zero-order chi connectivity index (χ0) is 14.7. The molecule has 0 amide bonds. The normalized spacial score (nSPS) is 18.6. The zero-order valence-electron chi connectivity index (χ0n) is 11.2. The van der Waals surface area contributed by atoms with E-state index in [1.54, 1.807) is 26.0 Å². The first-order chi connectivity index (χ1) is 9.60. The summed E-state index contributed by atoms with van der Waals surface area (Å²) < 4.78 is 15.6. The first-order valence-electron chi connectivity index (χ1n) is 6.09. The highest BCUT2D eigenvalue weighted by molar-refractivity contribution is 5.92. The van der Waals surface area contributed by atoms with Crippen molar-refractivity contribution in [2.45, 2.75) is 19.8 Å². The lowest BCUT2D eigenvalue weighted by molar-refractivity contribution is -0.139. The standard InChI is InChI=1S/C14H14N2O4/c1-3-18-14(17)12-11(10-5-4-6-19-10)9(7-15)8(2)20-13(12)16/h4-6,11H,3,16H2,1-2H3/t11-/m0/s1. The number of hydrogen-bond donors (Lipinski definition) is 1. The first kappa shape index (κ1) is 13.7. The molecule has 2 heterocycles. The average Bonchev–Trinajstić information content (AvgIpc) is 2.91. The van der Waals surface area contributed by atoms with Crippen LogP contribution in [0.25, 0.3) is 0 Å². The van der Waals surface area contributed by atoms with Gasteiger partial charge in [0.25, 0.3) is 0 Å². The highest BCUT2D eigenvalue weighted by Gasteiger charge is 2.38. The summed E-state index contributed by atoms with van der Waals surface area (Å²) in [5.74, 6) is -0.606. The van der Waals surface area contributed by atoms with E-state index in [9.17, 15) is 10.1 Å². The lowest BCUT2D eigenvalue weighted by Crippen LogP contribution is -2.26. The Kier molecular flexibility index (Phi) is 3.80. The molecule has 0 bridgehead atoms. The maximum Gasteiger partial charge on any atom is 0.340 e. The Hall–Kier alpha value is -2.68. The highest BCUT2D eigenvalue weighted by atomic mass is 16.5. The number of rotatable bonds is 3. The smallest absolute Gasteiger partial charge is 0.340 e. The molecule has 0 spiro atoms. The molecule has 6 nitrogen and oxygen atoms in total.